The first-order valence-corrected chi connectivity index (χ1v) is 5.48. The summed E-state index contributed by atoms with van der Waals surface area (Å²) in [5, 5.41) is 6.98. The van der Waals surface area contributed by atoms with E-state index in [1.807, 2.05) is 46.4 Å². The van der Waals surface area contributed by atoms with Gasteiger partial charge in [-0.1, -0.05) is 0 Å². The van der Waals surface area contributed by atoms with Gasteiger partial charge >= 0.3 is 0 Å². The van der Waals surface area contributed by atoms with Crippen LogP contribution in [0.15, 0.2) is 33.8 Å². The maximum atomic E-state index is 5.66. The molecule has 2 aromatic rings. The maximum absolute atomic E-state index is 5.66. The molecule has 0 spiro atoms. The van der Waals surface area contributed by atoms with Gasteiger partial charge in [0.15, 0.2) is 0 Å². The average molecular weight is 231 g/mol. The fourth-order valence-corrected chi connectivity index (χ4v) is 1.57. The molecular weight excluding hydrogens is 214 g/mol. The number of anilines is 1. The highest BCUT2D eigenvalue weighted by Crippen LogP contribution is 2.23. The normalized spacial score (nSPS) is 11.3. The fraction of sp³-hybridized carbons (Fsp3) is 0.308. The van der Waals surface area contributed by atoms with Crippen LogP contribution in [-0.4, -0.2) is 39.4 Å². The number of furan rings is 1. The molecule has 0 radical (unpaired) electrons. The Bertz CT molecular complexity index is 541. The van der Waals surface area contributed by atoms with E-state index in [0.717, 1.165) is 22.4 Å². The van der Waals surface area contributed by atoms with Crippen LogP contribution < -0.4 is 4.90 Å². The zero-order valence-electron chi connectivity index (χ0n) is 10.6. The average Bonchev–Trinajstić information content (AvgIpc) is 2.67. The molecule has 0 aliphatic carbocycles. The van der Waals surface area contributed by atoms with E-state index >= 15 is 0 Å². The van der Waals surface area contributed by atoms with E-state index in [2.05, 4.69) is 16.1 Å². The molecule has 4 nitrogen and oxygen atoms in total. The van der Waals surface area contributed by atoms with Crippen molar-refractivity contribution in [2.24, 2.45) is 5.10 Å². The SMILES string of the molecule is CN(C)/N=C\c1cc2cc(N(C)C)ccc2o1. The summed E-state index contributed by atoms with van der Waals surface area (Å²) < 4.78 is 5.66. The van der Waals surface area contributed by atoms with Crippen molar-refractivity contribution in [2.75, 3.05) is 33.1 Å². The molecule has 1 aromatic carbocycles. The van der Waals surface area contributed by atoms with E-state index in [0.29, 0.717) is 0 Å². The second-order valence-corrected chi connectivity index (χ2v) is 4.36. The molecule has 0 fully saturated rings. The number of benzene rings is 1. The van der Waals surface area contributed by atoms with Gasteiger partial charge in [-0.05, 0) is 24.3 Å². The Balaban J connectivity index is 2.37. The number of hydrazone groups is 1. The van der Waals surface area contributed by atoms with E-state index in [-0.39, 0.29) is 0 Å². The highest BCUT2D eigenvalue weighted by molar-refractivity contribution is 5.88. The minimum atomic E-state index is 0.768. The standard InChI is InChI=1S/C13H17N3O/c1-15(2)11-5-6-13-10(7-11)8-12(17-13)9-14-16(3)4/h5-9H,1-4H3/b14-9-. The molecule has 0 saturated heterocycles. The first kappa shape index (κ1) is 11.5. The van der Waals surface area contributed by atoms with Gasteiger partial charge in [0.1, 0.15) is 11.3 Å². The van der Waals surface area contributed by atoms with Gasteiger partial charge in [0.05, 0.1) is 6.21 Å². The lowest BCUT2D eigenvalue weighted by Gasteiger charge is -2.11. The van der Waals surface area contributed by atoms with Crippen LogP contribution in [0.5, 0.6) is 0 Å². The largest absolute Gasteiger partial charge is 0.455 e. The van der Waals surface area contributed by atoms with Crippen molar-refractivity contribution >= 4 is 22.9 Å². The van der Waals surface area contributed by atoms with Crippen LogP contribution in [-0.2, 0) is 0 Å². The summed E-state index contributed by atoms with van der Waals surface area (Å²) >= 11 is 0. The number of nitrogens with zero attached hydrogens (tertiary/aromatic N) is 3. The van der Waals surface area contributed by atoms with Gasteiger partial charge in [0.25, 0.3) is 0 Å². The molecule has 0 amide bonds. The Labute approximate surface area is 101 Å². The molecule has 0 aliphatic rings. The quantitative estimate of drug-likeness (QED) is 0.600. The van der Waals surface area contributed by atoms with E-state index in [1.165, 1.54) is 0 Å². The zero-order chi connectivity index (χ0) is 12.4. The van der Waals surface area contributed by atoms with Crippen molar-refractivity contribution in [1.29, 1.82) is 0 Å². The second kappa shape index (κ2) is 4.49. The molecule has 17 heavy (non-hydrogen) atoms. The third-order valence-electron chi connectivity index (χ3n) is 2.45. The molecule has 0 aliphatic heterocycles. The summed E-state index contributed by atoms with van der Waals surface area (Å²) in [5.74, 6) is 0.768. The summed E-state index contributed by atoms with van der Waals surface area (Å²) in [4.78, 5) is 2.07. The summed E-state index contributed by atoms with van der Waals surface area (Å²) in [6.07, 6.45) is 1.72. The highest BCUT2D eigenvalue weighted by Gasteiger charge is 2.04. The van der Waals surface area contributed by atoms with Crippen LogP contribution in [0.25, 0.3) is 11.0 Å². The van der Waals surface area contributed by atoms with Gasteiger partial charge < -0.3 is 14.3 Å². The minimum Gasteiger partial charge on any atom is -0.455 e. The van der Waals surface area contributed by atoms with Gasteiger partial charge in [-0.2, -0.15) is 5.10 Å². The Morgan fingerprint density at radius 1 is 1.12 bits per heavy atom. The Hall–Kier alpha value is -1.97. The van der Waals surface area contributed by atoms with Crippen LogP contribution >= 0.6 is 0 Å². The maximum Gasteiger partial charge on any atom is 0.148 e. The third kappa shape index (κ3) is 2.58. The molecule has 0 unspecified atom stereocenters. The molecule has 0 atom stereocenters. The van der Waals surface area contributed by atoms with Crippen LogP contribution in [0.2, 0.25) is 0 Å². The monoisotopic (exact) mass is 231 g/mol. The molecule has 4 heteroatoms. The summed E-state index contributed by atoms with van der Waals surface area (Å²) in [7, 11) is 7.80. The van der Waals surface area contributed by atoms with Crippen molar-refractivity contribution in [2.45, 2.75) is 0 Å². The van der Waals surface area contributed by atoms with E-state index in [9.17, 15) is 0 Å². The molecule has 0 N–H and O–H groups in total. The zero-order valence-corrected chi connectivity index (χ0v) is 10.6. The summed E-state index contributed by atoms with van der Waals surface area (Å²) in [6, 6.07) is 8.12. The minimum absolute atomic E-state index is 0.768. The molecule has 1 heterocycles. The summed E-state index contributed by atoms with van der Waals surface area (Å²) in [6.45, 7) is 0. The molecule has 0 bridgehead atoms. The van der Waals surface area contributed by atoms with Gasteiger partial charge in [-0.15, -0.1) is 0 Å². The van der Waals surface area contributed by atoms with Crippen molar-refractivity contribution in [1.82, 2.24) is 5.01 Å². The first-order valence-electron chi connectivity index (χ1n) is 5.48. The lowest BCUT2D eigenvalue weighted by Crippen LogP contribution is -2.07. The molecule has 1 aromatic heterocycles. The first-order chi connectivity index (χ1) is 8.06. The predicted molar refractivity (Wildman–Crippen MR) is 71.8 cm³/mol. The van der Waals surface area contributed by atoms with Crippen LogP contribution in [0.4, 0.5) is 5.69 Å². The van der Waals surface area contributed by atoms with Crippen LogP contribution in [0.1, 0.15) is 5.76 Å². The van der Waals surface area contributed by atoms with Crippen molar-refractivity contribution in [3.63, 3.8) is 0 Å². The van der Waals surface area contributed by atoms with Gasteiger partial charge in [0.2, 0.25) is 0 Å². The molecule has 0 saturated carbocycles. The van der Waals surface area contributed by atoms with Crippen LogP contribution in [0.3, 0.4) is 0 Å². The molecule has 2 rings (SSSR count). The molecule has 90 valence electrons. The Morgan fingerprint density at radius 3 is 2.53 bits per heavy atom. The van der Waals surface area contributed by atoms with Crippen molar-refractivity contribution in [3.8, 4) is 0 Å². The van der Waals surface area contributed by atoms with Crippen molar-refractivity contribution in [3.05, 3.63) is 30.0 Å². The number of rotatable bonds is 3. The third-order valence-corrected chi connectivity index (χ3v) is 2.45. The lowest BCUT2D eigenvalue weighted by molar-refractivity contribution is 0.438. The lowest BCUT2D eigenvalue weighted by atomic mass is 10.2. The van der Waals surface area contributed by atoms with E-state index < -0.39 is 0 Å². The van der Waals surface area contributed by atoms with E-state index in [4.69, 9.17) is 4.42 Å². The smallest absolute Gasteiger partial charge is 0.148 e. The Kier molecular flexibility index (Phi) is 3.04. The number of hydrogen-bond donors (Lipinski definition) is 0. The molecular formula is C13H17N3O. The predicted octanol–water partition coefficient (Wildman–Crippen LogP) is 2.39. The van der Waals surface area contributed by atoms with Gasteiger partial charge in [-0.25, -0.2) is 0 Å². The summed E-state index contributed by atoms with van der Waals surface area (Å²) in [5.41, 5.74) is 2.05. The Morgan fingerprint density at radius 2 is 1.88 bits per heavy atom. The topological polar surface area (TPSA) is 32.0 Å². The van der Waals surface area contributed by atoms with E-state index in [1.54, 1.807) is 11.2 Å². The number of hydrogen-bond acceptors (Lipinski definition) is 4. The van der Waals surface area contributed by atoms with Crippen LogP contribution in [0, 0.1) is 0 Å². The number of fused-ring (bicyclic) bond motifs is 1. The van der Waals surface area contributed by atoms with Crippen molar-refractivity contribution < 1.29 is 4.42 Å². The fourth-order valence-electron chi connectivity index (χ4n) is 1.57. The second-order valence-electron chi connectivity index (χ2n) is 4.36. The van der Waals surface area contributed by atoms with Gasteiger partial charge in [-0.3, -0.25) is 0 Å². The van der Waals surface area contributed by atoms with Gasteiger partial charge in [0, 0.05) is 39.3 Å². The highest BCUT2D eigenvalue weighted by atomic mass is 16.3.